The molecule has 1 aliphatic heterocycles. The summed E-state index contributed by atoms with van der Waals surface area (Å²) in [6.45, 7) is 8.83. The zero-order chi connectivity index (χ0) is 11.8. The average molecular weight is 227 g/mol. The molecule has 4 nitrogen and oxygen atoms in total. The van der Waals surface area contributed by atoms with E-state index in [0.29, 0.717) is 12.6 Å². The molecular formula is C12H25N3O. The van der Waals surface area contributed by atoms with Crippen molar-refractivity contribution in [2.75, 3.05) is 32.7 Å². The van der Waals surface area contributed by atoms with Gasteiger partial charge in [-0.05, 0) is 39.3 Å². The molecule has 0 aromatic rings. The molecule has 1 fully saturated rings. The topological polar surface area (TPSA) is 44.4 Å². The van der Waals surface area contributed by atoms with Crippen LogP contribution in [0.15, 0.2) is 0 Å². The molecule has 0 bridgehead atoms. The van der Waals surface area contributed by atoms with Gasteiger partial charge in [-0.1, -0.05) is 6.92 Å². The first-order chi connectivity index (χ1) is 7.74. The van der Waals surface area contributed by atoms with Gasteiger partial charge in [0, 0.05) is 19.1 Å². The van der Waals surface area contributed by atoms with Gasteiger partial charge in [0.15, 0.2) is 0 Å². The number of likely N-dealkylation sites (tertiary alicyclic amines) is 1. The molecule has 4 heteroatoms. The van der Waals surface area contributed by atoms with Gasteiger partial charge in [-0.15, -0.1) is 0 Å². The van der Waals surface area contributed by atoms with Gasteiger partial charge in [-0.3, -0.25) is 9.69 Å². The molecule has 0 aromatic carbocycles. The Balaban J connectivity index is 2.03. The first-order valence-corrected chi connectivity index (χ1v) is 6.45. The quantitative estimate of drug-likeness (QED) is 0.669. The smallest absolute Gasteiger partial charge is 0.233 e. The van der Waals surface area contributed by atoms with Crippen molar-refractivity contribution in [2.24, 2.45) is 0 Å². The van der Waals surface area contributed by atoms with Crippen LogP contribution in [0.25, 0.3) is 0 Å². The highest BCUT2D eigenvalue weighted by Crippen LogP contribution is 2.10. The van der Waals surface area contributed by atoms with Gasteiger partial charge in [0.25, 0.3) is 0 Å². The normalized spacial score (nSPS) is 18.6. The van der Waals surface area contributed by atoms with Gasteiger partial charge in [-0.25, -0.2) is 0 Å². The molecule has 1 saturated heterocycles. The molecule has 0 aromatic heterocycles. The maximum Gasteiger partial charge on any atom is 0.233 e. The van der Waals surface area contributed by atoms with Crippen molar-refractivity contribution in [3.63, 3.8) is 0 Å². The molecule has 2 N–H and O–H groups in total. The van der Waals surface area contributed by atoms with Crippen molar-refractivity contribution in [3.8, 4) is 0 Å². The summed E-state index contributed by atoms with van der Waals surface area (Å²) in [5, 5.41) is 6.08. The van der Waals surface area contributed by atoms with E-state index in [1.165, 1.54) is 25.9 Å². The van der Waals surface area contributed by atoms with Gasteiger partial charge < -0.3 is 10.6 Å². The Morgan fingerprint density at radius 1 is 1.38 bits per heavy atom. The van der Waals surface area contributed by atoms with E-state index in [2.05, 4.69) is 29.4 Å². The minimum absolute atomic E-state index is 0.107. The van der Waals surface area contributed by atoms with Gasteiger partial charge >= 0.3 is 0 Å². The zero-order valence-electron chi connectivity index (χ0n) is 10.6. The highest BCUT2D eigenvalue weighted by Gasteiger charge is 2.17. The summed E-state index contributed by atoms with van der Waals surface area (Å²) in [5.74, 6) is 0.107. The lowest BCUT2D eigenvalue weighted by Gasteiger charge is -2.23. The predicted octanol–water partition coefficient (Wildman–Crippen LogP) is 0.587. The van der Waals surface area contributed by atoms with E-state index in [-0.39, 0.29) is 5.91 Å². The highest BCUT2D eigenvalue weighted by molar-refractivity contribution is 5.77. The molecule has 1 aliphatic rings. The SMILES string of the molecule is CCCNC(=O)CNCC(C)N1CCCC1. The number of carbonyl (C=O) groups excluding carboxylic acids is 1. The van der Waals surface area contributed by atoms with E-state index in [1.807, 2.05) is 0 Å². The van der Waals surface area contributed by atoms with Crippen molar-refractivity contribution in [2.45, 2.75) is 39.2 Å². The first kappa shape index (κ1) is 13.5. The molecule has 0 aliphatic carbocycles. The van der Waals surface area contributed by atoms with E-state index < -0.39 is 0 Å². The number of nitrogens with zero attached hydrogens (tertiary/aromatic N) is 1. The summed E-state index contributed by atoms with van der Waals surface area (Å²) < 4.78 is 0. The molecule has 0 radical (unpaired) electrons. The molecule has 0 spiro atoms. The maximum atomic E-state index is 11.3. The van der Waals surface area contributed by atoms with E-state index in [4.69, 9.17) is 0 Å². The van der Waals surface area contributed by atoms with E-state index in [0.717, 1.165) is 19.5 Å². The minimum atomic E-state index is 0.107. The lowest BCUT2D eigenvalue weighted by atomic mass is 10.3. The van der Waals surface area contributed by atoms with E-state index in [9.17, 15) is 4.79 Å². The van der Waals surface area contributed by atoms with Crippen molar-refractivity contribution in [1.29, 1.82) is 0 Å². The second-order valence-corrected chi connectivity index (χ2v) is 4.57. The van der Waals surface area contributed by atoms with Gasteiger partial charge in [0.05, 0.1) is 6.54 Å². The van der Waals surface area contributed by atoms with Crippen molar-refractivity contribution >= 4 is 5.91 Å². The third-order valence-corrected chi connectivity index (χ3v) is 3.06. The molecule has 1 rings (SSSR count). The van der Waals surface area contributed by atoms with Crippen LogP contribution < -0.4 is 10.6 Å². The van der Waals surface area contributed by atoms with Crippen LogP contribution in [-0.2, 0) is 4.79 Å². The number of hydrogen-bond donors (Lipinski definition) is 2. The van der Waals surface area contributed by atoms with Crippen molar-refractivity contribution in [3.05, 3.63) is 0 Å². The Labute approximate surface area is 98.8 Å². The number of carbonyl (C=O) groups is 1. The van der Waals surface area contributed by atoms with Gasteiger partial charge in [0.2, 0.25) is 5.91 Å². The van der Waals surface area contributed by atoms with Crippen LogP contribution in [-0.4, -0.2) is 49.6 Å². The van der Waals surface area contributed by atoms with Crippen LogP contribution in [0.3, 0.4) is 0 Å². The summed E-state index contributed by atoms with van der Waals surface area (Å²) in [6, 6.07) is 0.543. The van der Waals surface area contributed by atoms with Crippen LogP contribution in [0.5, 0.6) is 0 Å². The minimum Gasteiger partial charge on any atom is -0.355 e. The van der Waals surface area contributed by atoms with Crippen LogP contribution in [0.2, 0.25) is 0 Å². The maximum absolute atomic E-state index is 11.3. The summed E-state index contributed by atoms with van der Waals surface area (Å²) in [6.07, 6.45) is 3.64. The number of nitrogens with one attached hydrogen (secondary N) is 2. The largest absolute Gasteiger partial charge is 0.355 e. The fraction of sp³-hybridized carbons (Fsp3) is 0.917. The van der Waals surface area contributed by atoms with Crippen molar-refractivity contribution in [1.82, 2.24) is 15.5 Å². The Kier molecular flexibility index (Phi) is 6.42. The molecule has 1 atom stereocenters. The summed E-state index contributed by atoms with van der Waals surface area (Å²) in [4.78, 5) is 13.8. The summed E-state index contributed by atoms with van der Waals surface area (Å²) in [7, 11) is 0. The second-order valence-electron chi connectivity index (χ2n) is 4.57. The fourth-order valence-corrected chi connectivity index (χ4v) is 2.03. The molecule has 1 heterocycles. The monoisotopic (exact) mass is 227 g/mol. The Morgan fingerprint density at radius 2 is 2.06 bits per heavy atom. The molecule has 1 amide bonds. The fourth-order valence-electron chi connectivity index (χ4n) is 2.03. The van der Waals surface area contributed by atoms with Crippen LogP contribution in [0, 0.1) is 0 Å². The summed E-state index contributed by atoms with van der Waals surface area (Å²) >= 11 is 0. The van der Waals surface area contributed by atoms with Crippen molar-refractivity contribution < 1.29 is 4.79 Å². The molecule has 16 heavy (non-hydrogen) atoms. The number of rotatable bonds is 7. The third kappa shape index (κ3) is 4.94. The Morgan fingerprint density at radius 3 is 2.69 bits per heavy atom. The van der Waals surface area contributed by atoms with E-state index in [1.54, 1.807) is 0 Å². The first-order valence-electron chi connectivity index (χ1n) is 6.45. The van der Waals surface area contributed by atoms with Crippen LogP contribution >= 0.6 is 0 Å². The number of amides is 1. The predicted molar refractivity (Wildman–Crippen MR) is 66.4 cm³/mol. The average Bonchev–Trinajstić information content (AvgIpc) is 2.79. The Hall–Kier alpha value is -0.610. The second kappa shape index (κ2) is 7.63. The van der Waals surface area contributed by atoms with Gasteiger partial charge in [-0.2, -0.15) is 0 Å². The van der Waals surface area contributed by atoms with E-state index >= 15 is 0 Å². The zero-order valence-corrected chi connectivity index (χ0v) is 10.6. The number of hydrogen-bond acceptors (Lipinski definition) is 3. The van der Waals surface area contributed by atoms with Crippen LogP contribution in [0.1, 0.15) is 33.1 Å². The Bertz CT molecular complexity index is 202. The third-order valence-electron chi connectivity index (χ3n) is 3.06. The van der Waals surface area contributed by atoms with Crippen LogP contribution in [0.4, 0.5) is 0 Å². The lowest BCUT2D eigenvalue weighted by molar-refractivity contribution is -0.120. The highest BCUT2D eigenvalue weighted by atomic mass is 16.1. The van der Waals surface area contributed by atoms with Gasteiger partial charge in [0.1, 0.15) is 0 Å². The molecule has 94 valence electrons. The molecule has 1 unspecified atom stereocenters. The lowest BCUT2D eigenvalue weighted by Crippen LogP contribution is -2.42. The standard InChI is InChI=1S/C12H25N3O/c1-3-6-14-12(16)10-13-9-11(2)15-7-4-5-8-15/h11,13H,3-10H2,1-2H3,(H,14,16). The molecular weight excluding hydrogens is 202 g/mol. The molecule has 0 saturated carbocycles. The summed E-state index contributed by atoms with van der Waals surface area (Å²) in [5.41, 5.74) is 0.